The molecule has 1 aliphatic heterocycles. The number of guanidine groups is 1. The highest BCUT2D eigenvalue weighted by Gasteiger charge is 2.21. The van der Waals surface area contributed by atoms with E-state index in [0.717, 1.165) is 49.5 Å². The summed E-state index contributed by atoms with van der Waals surface area (Å²) < 4.78 is 17.8. The Hall–Kier alpha value is -0.580. The van der Waals surface area contributed by atoms with Gasteiger partial charge in [0.1, 0.15) is 12.4 Å². The number of hydrogen-bond donors (Lipinski definition) is 1. The first-order valence-corrected chi connectivity index (χ1v) is 11.4. The zero-order chi connectivity index (χ0) is 20.6. The molecule has 1 unspecified atom stereocenters. The second-order valence-corrected chi connectivity index (χ2v) is 10.5. The SMILES string of the molecule is CN=C(NCCS(=O)C(C)(C)C)N1CCN(CCOc2ccc(Cl)cc2)CC1.I. The molecule has 0 saturated carbocycles. The highest BCUT2D eigenvalue weighted by molar-refractivity contribution is 14.0. The molecule has 9 heteroatoms. The molecule has 0 bridgehead atoms. The maximum Gasteiger partial charge on any atom is 0.193 e. The minimum absolute atomic E-state index is 0. The molecule has 0 amide bonds. The molecule has 1 saturated heterocycles. The lowest BCUT2D eigenvalue weighted by Gasteiger charge is -2.36. The van der Waals surface area contributed by atoms with Gasteiger partial charge >= 0.3 is 0 Å². The van der Waals surface area contributed by atoms with Crippen molar-refractivity contribution in [1.82, 2.24) is 15.1 Å². The fourth-order valence-corrected chi connectivity index (χ4v) is 3.93. The average Bonchev–Trinajstić information content (AvgIpc) is 2.66. The van der Waals surface area contributed by atoms with Gasteiger partial charge in [-0.1, -0.05) is 11.6 Å². The van der Waals surface area contributed by atoms with E-state index in [1.165, 1.54) is 0 Å². The zero-order valence-corrected chi connectivity index (χ0v) is 21.7. The van der Waals surface area contributed by atoms with Gasteiger partial charge in [-0.15, -0.1) is 24.0 Å². The van der Waals surface area contributed by atoms with Crippen LogP contribution in [0.4, 0.5) is 0 Å². The number of hydrogen-bond acceptors (Lipinski definition) is 4. The van der Waals surface area contributed by atoms with Gasteiger partial charge in [-0.2, -0.15) is 0 Å². The minimum atomic E-state index is -0.853. The van der Waals surface area contributed by atoms with Crippen LogP contribution in [0.3, 0.4) is 0 Å². The molecule has 1 fully saturated rings. The summed E-state index contributed by atoms with van der Waals surface area (Å²) in [4.78, 5) is 9.04. The number of piperazine rings is 1. The summed E-state index contributed by atoms with van der Waals surface area (Å²) in [6, 6.07) is 7.46. The van der Waals surface area contributed by atoms with E-state index in [2.05, 4.69) is 20.1 Å². The van der Waals surface area contributed by atoms with Gasteiger partial charge in [0.15, 0.2) is 5.96 Å². The van der Waals surface area contributed by atoms with E-state index in [-0.39, 0.29) is 28.7 Å². The van der Waals surface area contributed by atoms with E-state index in [1.54, 1.807) is 7.05 Å². The Labute approximate surface area is 199 Å². The van der Waals surface area contributed by atoms with Crippen molar-refractivity contribution in [2.75, 3.05) is 58.7 Å². The van der Waals surface area contributed by atoms with Gasteiger partial charge in [0.05, 0.1) is 0 Å². The monoisotopic (exact) mass is 556 g/mol. The summed E-state index contributed by atoms with van der Waals surface area (Å²) in [6.45, 7) is 12.0. The number of aliphatic imine (C=N–C) groups is 1. The van der Waals surface area contributed by atoms with Crippen LogP contribution in [0.2, 0.25) is 5.02 Å². The maximum absolute atomic E-state index is 12.2. The predicted molar refractivity (Wildman–Crippen MR) is 134 cm³/mol. The van der Waals surface area contributed by atoms with Crippen LogP contribution in [0, 0.1) is 0 Å². The first-order chi connectivity index (χ1) is 13.3. The van der Waals surface area contributed by atoms with E-state index in [0.29, 0.717) is 18.9 Å². The molecule has 1 heterocycles. The fourth-order valence-electron chi connectivity index (χ4n) is 2.90. The molecular weight excluding hydrogens is 523 g/mol. The van der Waals surface area contributed by atoms with Crippen LogP contribution < -0.4 is 10.1 Å². The summed E-state index contributed by atoms with van der Waals surface area (Å²) in [5, 5.41) is 4.07. The van der Waals surface area contributed by atoms with Crippen molar-refractivity contribution in [2.24, 2.45) is 4.99 Å². The third kappa shape index (κ3) is 9.40. The second kappa shape index (κ2) is 13.0. The van der Waals surface area contributed by atoms with Gasteiger partial charge in [0.2, 0.25) is 0 Å². The van der Waals surface area contributed by atoms with E-state index in [1.807, 2.05) is 45.0 Å². The normalized spacial score (nSPS) is 16.9. The van der Waals surface area contributed by atoms with Crippen LogP contribution in [-0.2, 0) is 10.8 Å². The molecule has 0 aromatic heterocycles. The molecule has 166 valence electrons. The van der Waals surface area contributed by atoms with Gasteiger partial charge in [0, 0.05) is 72.6 Å². The van der Waals surface area contributed by atoms with Gasteiger partial charge in [0.25, 0.3) is 0 Å². The number of nitrogens with zero attached hydrogens (tertiary/aromatic N) is 3. The summed E-state index contributed by atoms with van der Waals surface area (Å²) in [6.07, 6.45) is 0. The third-order valence-corrected chi connectivity index (χ3v) is 6.82. The van der Waals surface area contributed by atoms with E-state index in [4.69, 9.17) is 16.3 Å². The van der Waals surface area contributed by atoms with Crippen molar-refractivity contribution in [3.63, 3.8) is 0 Å². The van der Waals surface area contributed by atoms with E-state index < -0.39 is 10.8 Å². The maximum atomic E-state index is 12.2. The fraction of sp³-hybridized carbons (Fsp3) is 0.650. The number of halogens is 2. The lowest BCUT2D eigenvalue weighted by Crippen LogP contribution is -2.53. The Balaban J connectivity index is 0.00000420. The van der Waals surface area contributed by atoms with Crippen LogP contribution in [0.5, 0.6) is 5.75 Å². The number of ether oxygens (including phenoxy) is 1. The van der Waals surface area contributed by atoms with Crippen LogP contribution in [0.15, 0.2) is 29.3 Å². The Morgan fingerprint density at radius 2 is 1.83 bits per heavy atom. The average molecular weight is 557 g/mol. The largest absolute Gasteiger partial charge is 0.492 e. The van der Waals surface area contributed by atoms with Gasteiger partial charge in [-0.25, -0.2) is 0 Å². The minimum Gasteiger partial charge on any atom is -0.492 e. The smallest absolute Gasteiger partial charge is 0.193 e. The van der Waals surface area contributed by atoms with Crippen molar-refractivity contribution < 1.29 is 8.95 Å². The highest BCUT2D eigenvalue weighted by atomic mass is 127. The first-order valence-electron chi connectivity index (χ1n) is 9.74. The molecule has 1 atom stereocenters. The van der Waals surface area contributed by atoms with Crippen LogP contribution >= 0.6 is 35.6 Å². The third-order valence-electron chi connectivity index (χ3n) is 4.63. The molecule has 1 aromatic carbocycles. The zero-order valence-electron chi connectivity index (χ0n) is 17.8. The van der Waals surface area contributed by atoms with Crippen molar-refractivity contribution >= 4 is 52.3 Å². The molecule has 0 spiro atoms. The molecule has 1 aliphatic rings. The molecule has 29 heavy (non-hydrogen) atoms. The van der Waals surface area contributed by atoms with Crippen LogP contribution in [0.1, 0.15) is 20.8 Å². The van der Waals surface area contributed by atoms with Crippen LogP contribution in [-0.4, -0.2) is 83.4 Å². The van der Waals surface area contributed by atoms with Crippen molar-refractivity contribution in [1.29, 1.82) is 0 Å². The highest BCUT2D eigenvalue weighted by Crippen LogP contribution is 2.15. The summed E-state index contributed by atoms with van der Waals surface area (Å²) >= 11 is 5.89. The quantitative estimate of drug-likeness (QED) is 0.318. The molecule has 1 aromatic rings. The van der Waals surface area contributed by atoms with Gasteiger partial charge < -0.3 is 15.0 Å². The molecule has 6 nitrogen and oxygen atoms in total. The summed E-state index contributed by atoms with van der Waals surface area (Å²) in [5.41, 5.74) is 0. The Kier molecular flexibility index (Phi) is 11.8. The first kappa shape index (κ1) is 26.5. The van der Waals surface area contributed by atoms with Crippen molar-refractivity contribution in [3.05, 3.63) is 29.3 Å². The summed E-state index contributed by atoms with van der Waals surface area (Å²) in [5.74, 6) is 2.37. The number of benzene rings is 1. The number of nitrogens with one attached hydrogen (secondary N) is 1. The molecular formula is C20H34ClIN4O2S. The van der Waals surface area contributed by atoms with Crippen LogP contribution in [0.25, 0.3) is 0 Å². The lowest BCUT2D eigenvalue weighted by molar-refractivity contribution is 0.152. The Morgan fingerprint density at radius 1 is 1.21 bits per heavy atom. The van der Waals surface area contributed by atoms with Gasteiger partial charge in [-0.05, 0) is 45.0 Å². The molecule has 0 aliphatic carbocycles. The van der Waals surface area contributed by atoms with Crippen molar-refractivity contribution in [3.8, 4) is 5.75 Å². The molecule has 1 N–H and O–H groups in total. The number of rotatable bonds is 7. The van der Waals surface area contributed by atoms with Gasteiger partial charge in [-0.3, -0.25) is 14.1 Å². The molecule has 2 rings (SSSR count). The summed E-state index contributed by atoms with van der Waals surface area (Å²) in [7, 11) is 0.948. The van der Waals surface area contributed by atoms with E-state index in [9.17, 15) is 4.21 Å². The predicted octanol–water partition coefficient (Wildman–Crippen LogP) is 3.08. The lowest BCUT2D eigenvalue weighted by atomic mass is 10.3. The standard InChI is InChI=1S/C20H33ClN4O2S.HI/c1-20(2,3)28(26)16-9-23-19(22-4)25-12-10-24(11-13-25)14-15-27-18-7-5-17(21)6-8-18;/h5-8H,9-16H2,1-4H3,(H,22,23);1H. The molecule has 0 radical (unpaired) electrons. The Morgan fingerprint density at radius 3 is 2.38 bits per heavy atom. The Bertz CT molecular complexity index is 659. The van der Waals surface area contributed by atoms with Crippen molar-refractivity contribution in [2.45, 2.75) is 25.5 Å². The second-order valence-electron chi connectivity index (χ2n) is 7.77. The van der Waals surface area contributed by atoms with E-state index >= 15 is 0 Å². The topological polar surface area (TPSA) is 57.2 Å².